The lowest BCUT2D eigenvalue weighted by molar-refractivity contribution is 0.694. The summed E-state index contributed by atoms with van der Waals surface area (Å²) in [5, 5.41) is 0.544. The van der Waals surface area contributed by atoms with E-state index in [1.807, 2.05) is 13.0 Å². The van der Waals surface area contributed by atoms with E-state index in [9.17, 15) is 0 Å². The number of nitrogens with zero attached hydrogens (tertiary/aromatic N) is 1. The van der Waals surface area contributed by atoms with Gasteiger partial charge < -0.3 is 5.73 Å². The molecule has 1 atom stereocenters. The Labute approximate surface area is 90.7 Å². The van der Waals surface area contributed by atoms with Gasteiger partial charge in [-0.25, -0.2) is 4.98 Å². The fourth-order valence-corrected chi connectivity index (χ4v) is 1.48. The van der Waals surface area contributed by atoms with Crippen LogP contribution in [0.1, 0.15) is 24.9 Å². The van der Waals surface area contributed by atoms with Gasteiger partial charge in [0, 0.05) is 12.2 Å². The minimum atomic E-state index is 0.0725. The van der Waals surface area contributed by atoms with E-state index in [2.05, 4.69) is 27.6 Å². The third kappa shape index (κ3) is 2.31. The maximum atomic E-state index is 5.83. The second kappa shape index (κ2) is 4.39. The summed E-state index contributed by atoms with van der Waals surface area (Å²) in [4.78, 5) is 4.03. The maximum absolute atomic E-state index is 5.83. The third-order valence-electron chi connectivity index (χ3n) is 1.69. The number of aromatic nitrogens is 1. The molecule has 0 amide bonds. The molecule has 4 heteroatoms. The van der Waals surface area contributed by atoms with Crippen molar-refractivity contribution in [2.24, 2.45) is 5.73 Å². The zero-order chi connectivity index (χ0) is 9.14. The van der Waals surface area contributed by atoms with Gasteiger partial charge in [0.1, 0.15) is 5.15 Å². The fourth-order valence-electron chi connectivity index (χ4n) is 0.874. The highest BCUT2D eigenvalue weighted by Crippen LogP contribution is 2.20. The molecule has 0 saturated carbocycles. The average Bonchev–Trinajstić information content (AvgIpc) is 2.08. The Morgan fingerprint density at radius 3 is 2.92 bits per heavy atom. The molecule has 1 heterocycles. The summed E-state index contributed by atoms with van der Waals surface area (Å²) in [6, 6.07) is 2.05. The van der Waals surface area contributed by atoms with Crippen molar-refractivity contribution in [3.8, 4) is 0 Å². The highest BCUT2D eigenvalue weighted by molar-refractivity contribution is 14.1. The second-order valence-electron chi connectivity index (χ2n) is 2.56. The standard InChI is InChI=1S/C8H10ClIN2/c1-2-7(11)5-3-6(10)8(9)12-4-5/h3-4,7H,2,11H2,1H3/t7-/m1/s1. The van der Waals surface area contributed by atoms with E-state index in [4.69, 9.17) is 17.3 Å². The van der Waals surface area contributed by atoms with E-state index in [1.54, 1.807) is 6.20 Å². The summed E-state index contributed by atoms with van der Waals surface area (Å²) in [7, 11) is 0. The van der Waals surface area contributed by atoms with Crippen LogP contribution >= 0.6 is 34.2 Å². The Balaban J connectivity index is 2.96. The molecule has 0 aliphatic rings. The van der Waals surface area contributed by atoms with Crippen molar-refractivity contribution >= 4 is 34.2 Å². The van der Waals surface area contributed by atoms with Gasteiger partial charge in [-0.15, -0.1) is 0 Å². The van der Waals surface area contributed by atoms with Crippen molar-refractivity contribution in [3.05, 3.63) is 26.5 Å². The molecule has 0 aliphatic carbocycles. The van der Waals surface area contributed by atoms with E-state index in [1.165, 1.54) is 0 Å². The van der Waals surface area contributed by atoms with Crippen LogP contribution < -0.4 is 5.73 Å². The van der Waals surface area contributed by atoms with Crippen LogP contribution in [-0.2, 0) is 0 Å². The van der Waals surface area contributed by atoms with Crippen LogP contribution in [0.3, 0.4) is 0 Å². The summed E-state index contributed by atoms with van der Waals surface area (Å²) >= 11 is 7.92. The van der Waals surface area contributed by atoms with Crippen LogP contribution in [0, 0.1) is 3.57 Å². The number of pyridine rings is 1. The molecule has 66 valence electrons. The quantitative estimate of drug-likeness (QED) is 0.673. The lowest BCUT2D eigenvalue weighted by Crippen LogP contribution is -2.09. The van der Waals surface area contributed by atoms with Crippen molar-refractivity contribution < 1.29 is 0 Å². The first-order chi connectivity index (χ1) is 5.65. The van der Waals surface area contributed by atoms with E-state index in [-0.39, 0.29) is 6.04 Å². The van der Waals surface area contributed by atoms with Gasteiger partial charge in [0.2, 0.25) is 0 Å². The molecule has 0 bridgehead atoms. The van der Waals surface area contributed by atoms with E-state index in [0.717, 1.165) is 15.6 Å². The fraction of sp³-hybridized carbons (Fsp3) is 0.375. The molecule has 0 radical (unpaired) electrons. The van der Waals surface area contributed by atoms with Crippen molar-refractivity contribution in [1.82, 2.24) is 4.98 Å². The molecule has 0 aromatic carbocycles. The van der Waals surface area contributed by atoms with Crippen molar-refractivity contribution in [2.75, 3.05) is 0 Å². The molecule has 2 N–H and O–H groups in total. The van der Waals surface area contributed by atoms with Crippen LogP contribution in [0.5, 0.6) is 0 Å². The molecule has 0 unspecified atom stereocenters. The summed E-state index contributed by atoms with van der Waals surface area (Å²) in [6.07, 6.45) is 2.65. The molecular formula is C8H10ClIN2. The minimum absolute atomic E-state index is 0.0725. The highest BCUT2D eigenvalue weighted by atomic mass is 127. The van der Waals surface area contributed by atoms with Crippen LogP contribution in [0.2, 0.25) is 5.15 Å². The number of halogens is 2. The average molecular weight is 297 g/mol. The van der Waals surface area contributed by atoms with E-state index < -0.39 is 0 Å². The molecular weight excluding hydrogens is 286 g/mol. The van der Waals surface area contributed by atoms with Gasteiger partial charge in [0.05, 0.1) is 3.57 Å². The predicted molar refractivity (Wildman–Crippen MR) is 59.2 cm³/mol. The molecule has 1 rings (SSSR count). The zero-order valence-electron chi connectivity index (χ0n) is 6.72. The van der Waals surface area contributed by atoms with Crippen LogP contribution in [0.15, 0.2) is 12.3 Å². The summed E-state index contributed by atoms with van der Waals surface area (Å²) in [5.74, 6) is 0. The van der Waals surface area contributed by atoms with Crippen LogP contribution in [0.25, 0.3) is 0 Å². The third-order valence-corrected chi connectivity index (χ3v) is 3.13. The van der Waals surface area contributed by atoms with Crippen LogP contribution in [0.4, 0.5) is 0 Å². The molecule has 0 spiro atoms. The summed E-state index contributed by atoms with van der Waals surface area (Å²) < 4.78 is 0.954. The Morgan fingerprint density at radius 1 is 1.75 bits per heavy atom. The molecule has 0 saturated heterocycles. The Bertz CT molecular complexity index is 278. The number of hydrogen-bond acceptors (Lipinski definition) is 2. The number of rotatable bonds is 2. The first kappa shape index (κ1) is 10.2. The Hall–Kier alpha value is 0.130. The molecule has 1 aromatic heterocycles. The van der Waals surface area contributed by atoms with Gasteiger partial charge in [-0.2, -0.15) is 0 Å². The topological polar surface area (TPSA) is 38.9 Å². The van der Waals surface area contributed by atoms with Gasteiger partial charge in [-0.3, -0.25) is 0 Å². The smallest absolute Gasteiger partial charge is 0.142 e. The molecule has 12 heavy (non-hydrogen) atoms. The van der Waals surface area contributed by atoms with Crippen molar-refractivity contribution in [3.63, 3.8) is 0 Å². The SMILES string of the molecule is CC[C@@H](N)c1cnc(Cl)c(I)c1. The lowest BCUT2D eigenvalue weighted by atomic mass is 10.1. The van der Waals surface area contributed by atoms with Crippen molar-refractivity contribution in [1.29, 1.82) is 0 Å². The molecule has 1 aromatic rings. The van der Waals surface area contributed by atoms with Gasteiger partial charge in [-0.1, -0.05) is 18.5 Å². The van der Waals surface area contributed by atoms with E-state index in [0.29, 0.717) is 5.15 Å². The normalized spacial score (nSPS) is 13.0. The summed E-state index contributed by atoms with van der Waals surface area (Å²) in [5.41, 5.74) is 6.87. The Morgan fingerprint density at radius 2 is 2.42 bits per heavy atom. The van der Waals surface area contributed by atoms with Crippen molar-refractivity contribution in [2.45, 2.75) is 19.4 Å². The van der Waals surface area contributed by atoms with Crippen LogP contribution in [-0.4, -0.2) is 4.98 Å². The monoisotopic (exact) mass is 296 g/mol. The van der Waals surface area contributed by atoms with E-state index >= 15 is 0 Å². The largest absolute Gasteiger partial charge is 0.324 e. The predicted octanol–water partition coefficient (Wildman–Crippen LogP) is 2.75. The highest BCUT2D eigenvalue weighted by Gasteiger charge is 2.05. The number of nitrogens with two attached hydrogens (primary N) is 1. The molecule has 2 nitrogen and oxygen atoms in total. The zero-order valence-corrected chi connectivity index (χ0v) is 9.63. The lowest BCUT2D eigenvalue weighted by Gasteiger charge is -2.08. The summed E-state index contributed by atoms with van der Waals surface area (Å²) in [6.45, 7) is 2.05. The minimum Gasteiger partial charge on any atom is -0.324 e. The molecule has 0 fully saturated rings. The van der Waals surface area contributed by atoms with Gasteiger partial charge in [0.15, 0.2) is 0 Å². The number of hydrogen-bond donors (Lipinski definition) is 1. The Kier molecular flexibility index (Phi) is 3.74. The second-order valence-corrected chi connectivity index (χ2v) is 4.08. The van der Waals surface area contributed by atoms with Gasteiger partial charge >= 0.3 is 0 Å². The van der Waals surface area contributed by atoms with Gasteiger partial charge in [-0.05, 0) is 40.6 Å². The first-order valence-corrected chi connectivity index (χ1v) is 5.17. The maximum Gasteiger partial charge on any atom is 0.142 e. The van der Waals surface area contributed by atoms with Gasteiger partial charge in [0.25, 0.3) is 0 Å². The molecule has 0 aliphatic heterocycles. The first-order valence-electron chi connectivity index (χ1n) is 3.71.